The molecule has 0 radical (unpaired) electrons. The van der Waals surface area contributed by atoms with Gasteiger partial charge in [0, 0.05) is 52.0 Å². The maximum atomic E-state index is 13.6. The first-order valence-electron chi connectivity index (χ1n) is 11.9. The first-order chi connectivity index (χ1) is 16.4. The van der Waals surface area contributed by atoms with E-state index in [0.717, 1.165) is 22.5 Å². The molecule has 1 aromatic heterocycles. The number of hydrogen-bond donors (Lipinski definition) is 2. The Morgan fingerprint density at radius 2 is 1.79 bits per heavy atom. The SMILES string of the molecule is Cc1cnc(N2CCN(C(=O)c3ccc(C4CCNC4=O)cc3N3CCNC3=O)CC2)c(C)c1. The summed E-state index contributed by atoms with van der Waals surface area (Å²) in [4.78, 5) is 48.6. The van der Waals surface area contributed by atoms with Crippen molar-refractivity contribution >= 4 is 29.4 Å². The van der Waals surface area contributed by atoms with E-state index in [-0.39, 0.29) is 23.8 Å². The number of nitrogens with one attached hydrogen (secondary N) is 2. The number of benzene rings is 1. The minimum Gasteiger partial charge on any atom is -0.356 e. The number of carbonyl (C=O) groups is 3. The van der Waals surface area contributed by atoms with Crippen molar-refractivity contribution in [3.63, 3.8) is 0 Å². The molecule has 3 fully saturated rings. The van der Waals surface area contributed by atoms with Crippen LogP contribution in [0.2, 0.25) is 0 Å². The van der Waals surface area contributed by atoms with Gasteiger partial charge in [-0.25, -0.2) is 9.78 Å². The molecule has 1 atom stereocenters. The van der Waals surface area contributed by atoms with Crippen molar-refractivity contribution in [2.75, 3.05) is 55.6 Å². The summed E-state index contributed by atoms with van der Waals surface area (Å²) in [6, 6.07) is 7.40. The number of carbonyl (C=O) groups excluding carboxylic acids is 3. The molecule has 0 aliphatic carbocycles. The Hall–Kier alpha value is -3.62. The third kappa shape index (κ3) is 4.06. The summed E-state index contributed by atoms with van der Waals surface area (Å²) >= 11 is 0. The lowest BCUT2D eigenvalue weighted by molar-refractivity contribution is -0.120. The van der Waals surface area contributed by atoms with Crippen LogP contribution in [0.25, 0.3) is 0 Å². The second-order valence-corrected chi connectivity index (χ2v) is 9.22. The quantitative estimate of drug-likeness (QED) is 0.722. The standard InChI is InChI=1S/C25H30N6O3/c1-16-13-17(2)22(28-15-16)29-9-11-30(12-10-29)24(33)20-4-3-18(19-5-6-26-23(19)32)14-21(20)31-8-7-27-25(31)34/h3-4,13-15,19H,5-12H2,1-2H3,(H,26,32)(H,27,34). The number of aromatic nitrogens is 1. The van der Waals surface area contributed by atoms with E-state index in [9.17, 15) is 14.4 Å². The fourth-order valence-corrected chi connectivity index (χ4v) is 5.11. The Kier molecular flexibility index (Phi) is 5.85. The molecule has 3 saturated heterocycles. The number of pyridine rings is 1. The summed E-state index contributed by atoms with van der Waals surface area (Å²) in [7, 11) is 0. The maximum Gasteiger partial charge on any atom is 0.322 e. The lowest BCUT2D eigenvalue weighted by atomic mass is 9.95. The van der Waals surface area contributed by atoms with Gasteiger partial charge < -0.3 is 20.4 Å². The molecule has 0 saturated carbocycles. The molecule has 9 nitrogen and oxygen atoms in total. The molecular weight excluding hydrogens is 432 g/mol. The molecule has 178 valence electrons. The van der Waals surface area contributed by atoms with Crippen LogP contribution in [0.1, 0.15) is 39.4 Å². The second kappa shape index (κ2) is 8.96. The molecule has 5 rings (SSSR count). The highest BCUT2D eigenvalue weighted by Crippen LogP contribution is 2.32. The van der Waals surface area contributed by atoms with Gasteiger partial charge in [-0.15, -0.1) is 0 Å². The van der Waals surface area contributed by atoms with E-state index in [1.54, 1.807) is 11.0 Å². The molecule has 3 aliphatic rings. The first-order valence-corrected chi connectivity index (χ1v) is 11.9. The number of piperazine rings is 1. The largest absolute Gasteiger partial charge is 0.356 e. The van der Waals surface area contributed by atoms with Gasteiger partial charge in [0.2, 0.25) is 5.91 Å². The Balaban J connectivity index is 1.38. The van der Waals surface area contributed by atoms with Crippen molar-refractivity contribution < 1.29 is 14.4 Å². The van der Waals surface area contributed by atoms with Crippen LogP contribution >= 0.6 is 0 Å². The molecule has 1 aromatic carbocycles. The molecule has 3 aliphatic heterocycles. The van der Waals surface area contributed by atoms with Gasteiger partial charge in [0.25, 0.3) is 5.91 Å². The number of rotatable bonds is 4. The van der Waals surface area contributed by atoms with Gasteiger partial charge in [0.1, 0.15) is 5.82 Å². The van der Waals surface area contributed by atoms with Crippen molar-refractivity contribution in [3.8, 4) is 0 Å². The van der Waals surface area contributed by atoms with Crippen LogP contribution in [0.15, 0.2) is 30.5 Å². The minimum atomic E-state index is -0.248. The van der Waals surface area contributed by atoms with E-state index in [0.29, 0.717) is 63.5 Å². The van der Waals surface area contributed by atoms with Gasteiger partial charge in [-0.05, 0) is 49.1 Å². The molecule has 2 aromatic rings. The topological polar surface area (TPSA) is 97.9 Å². The van der Waals surface area contributed by atoms with Crippen LogP contribution in [0, 0.1) is 13.8 Å². The summed E-state index contributed by atoms with van der Waals surface area (Å²) in [5.74, 6) is 0.617. The van der Waals surface area contributed by atoms with Crippen molar-refractivity contribution in [1.82, 2.24) is 20.5 Å². The Labute approximate surface area is 199 Å². The van der Waals surface area contributed by atoms with E-state index in [4.69, 9.17) is 0 Å². The molecule has 0 bridgehead atoms. The zero-order chi connectivity index (χ0) is 23.8. The van der Waals surface area contributed by atoms with Crippen molar-refractivity contribution in [2.24, 2.45) is 0 Å². The highest BCUT2D eigenvalue weighted by molar-refractivity contribution is 6.05. The number of nitrogens with zero attached hydrogens (tertiary/aromatic N) is 4. The molecule has 9 heteroatoms. The lowest BCUT2D eigenvalue weighted by Crippen LogP contribution is -2.49. The predicted octanol–water partition coefficient (Wildman–Crippen LogP) is 1.79. The van der Waals surface area contributed by atoms with Gasteiger partial charge in [0.15, 0.2) is 0 Å². The van der Waals surface area contributed by atoms with Crippen LogP contribution in [-0.2, 0) is 4.79 Å². The number of anilines is 2. The Morgan fingerprint density at radius 1 is 1.00 bits per heavy atom. The smallest absolute Gasteiger partial charge is 0.322 e. The van der Waals surface area contributed by atoms with Gasteiger partial charge in [-0.1, -0.05) is 12.1 Å². The number of amides is 4. The summed E-state index contributed by atoms with van der Waals surface area (Å²) in [6.07, 6.45) is 2.59. The van der Waals surface area contributed by atoms with Gasteiger partial charge in [-0.3, -0.25) is 14.5 Å². The van der Waals surface area contributed by atoms with Gasteiger partial charge in [0.05, 0.1) is 17.2 Å². The van der Waals surface area contributed by atoms with Crippen LogP contribution in [0.5, 0.6) is 0 Å². The van der Waals surface area contributed by atoms with Crippen LogP contribution in [0.3, 0.4) is 0 Å². The van der Waals surface area contributed by atoms with Crippen molar-refractivity contribution in [1.29, 1.82) is 0 Å². The number of aryl methyl sites for hydroxylation is 2. The Morgan fingerprint density at radius 3 is 2.44 bits per heavy atom. The van der Waals surface area contributed by atoms with Crippen LogP contribution in [-0.4, -0.2) is 73.5 Å². The second-order valence-electron chi connectivity index (χ2n) is 9.22. The molecule has 0 spiro atoms. The summed E-state index contributed by atoms with van der Waals surface area (Å²) in [5.41, 5.74) is 4.18. The average Bonchev–Trinajstić information content (AvgIpc) is 3.46. The zero-order valence-corrected chi connectivity index (χ0v) is 19.6. The summed E-state index contributed by atoms with van der Waals surface area (Å²) in [5, 5.41) is 5.68. The summed E-state index contributed by atoms with van der Waals surface area (Å²) in [6.45, 7) is 8.30. The zero-order valence-electron chi connectivity index (χ0n) is 19.6. The molecular formula is C25H30N6O3. The van der Waals surface area contributed by atoms with E-state index in [2.05, 4.69) is 33.5 Å². The molecule has 4 heterocycles. The van der Waals surface area contributed by atoms with Crippen molar-refractivity contribution in [2.45, 2.75) is 26.2 Å². The van der Waals surface area contributed by atoms with Gasteiger partial charge >= 0.3 is 6.03 Å². The molecule has 2 N–H and O–H groups in total. The fraction of sp³-hybridized carbons (Fsp3) is 0.440. The normalized spacial score (nSPS) is 20.5. The molecule has 1 unspecified atom stereocenters. The molecule has 34 heavy (non-hydrogen) atoms. The minimum absolute atomic E-state index is 0.00738. The molecule has 4 amide bonds. The average molecular weight is 463 g/mol. The van der Waals surface area contributed by atoms with Gasteiger partial charge in [-0.2, -0.15) is 0 Å². The van der Waals surface area contributed by atoms with E-state index in [1.165, 1.54) is 0 Å². The third-order valence-corrected chi connectivity index (χ3v) is 6.90. The fourth-order valence-electron chi connectivity index (χ4n) is 5.11. The van der Waals surface area contributed by atoms with E-state index < -0.39 is 0 Å². The van der Waals surface area contributed by atoms with Crippen LogP contribution in [0.4, 0.5) is 16.3 Å². The number of urea groups is 1. The maximum absolute atomic E-state index is 13.6. The number of hydrogen-bond acceptors (Lipinski definition) is 5. The summed E-state index contributed by atoms with van der Waals surface area (Å²) < 4.78 is 0. The highest BCUT2D eigenvalue weighted by atomic mass is 16.2. The Bertz CT molecular complexity index is 1140. The first kappa shape index (κ1) is 22.2. The van der Waals surface area contributed by atoms with Crippen LogP contribution < -0.4 is 20.4 Å². The van der Waals surface area contributed by atoms with E-state index >= 15 is 0 Å². The van der Waals surface area contributed by atoms with E-state index in [1.807, 2.05) is 30.2 Å². The lowest BCUT2D eigenvalue weighted by Gasteiger charge is -2.36. The monoisotopic (exact) mass is 462 g/mol. The van der Waals surface area contributed by atoms with Crippen molar-refractivity contribution in [3.05, 3.63) is 52.7 Å². The predicted molar refractivity (Wildman–Crippen MR) is 129 cm³/mol. The third-order valence-electron chi connectivity index (χ3n) is 6.90. The highest BCUT2D eigenvalue weighted by Gasteiger charge is 2.32.